The minimum Gasteiger partial charge on any atom is -0.475 e. The third-order valence-electron chi connectivity index (χ3n) is 8.26. The van der Waals surface area contributed by atoms with Gasteiger partial charge in [-0.25, -0.2) is 18.6 Å². The van der Waals surface area contributed by atoms with Crippen LogP contribution in [0.3, 0.4) is 0 Å². The monoisotopic (exact) mass is 746 g/mol. The van der Waals surface area contributed by atoms with Crippen LogP contribution in [0.1, 0.15) is 46.7 Å². The number of carbonyl (C=O) groups excluding carboxylic acids is 3. The summed E-state index contributed by atoms with van der Waals surface area (Å²) in [6.07, 6.45) is -0.929. The predicted molar refractivity (Wildman–Crippen MR) is 171 cm³/mol. The van der Waals surface area contributed by atoms with E-state index < -0.39 is 42.3 Å². The van der Waals surface area contributed by atoms with Gasteiger partial charge >= 0.3 is 12.1 Å². The Kier molecular flexibility index (Phi) is 12.9. The molecule has 3 aromatic rings. The first-order chi connectivity index (χ1) is 24.1. The number of carboxylic acid groups (broad SMARTS) is 1. The summed E-state index contributed by atoms with van der Waals surface area (Å²) in [6.45, 7) is 1.32. The van der Waals surface area contributed by atoms with Gasteiger partial charge in [0.05, 0.1) is 22.5 Å². The molecule has 4 N–H and O–H groups in total. The van der Waals surface area contributed by atoms with Crippen molar-refractivity contribution in [3.63, 3.8) is 0 Å². The number of aliphatic carboxylic acids is 1. The molecule has 1 aromatic heterocycles. The average molecular weight is 747 g/mol. The Bertz CT molecular complexity index is 1760. The van der Waals surface area contributed by atoms with Gasteiger partial charge in [-0.15, -0.1) is 0 Å². The van der Waals surface area contributed by atoms with Crippen LogP contribution >= 0.6 is 11.6 Å². The SMILES string of the molecule is Cn1c(-c2ccc(OCF)c(F)c2F)cnc1C(=O)Nc1ccc(C(=O)N2CCC(C(=O)NC3CCNCC3)CC2)c(Cl)c1.O=C(O)C(F)(F)F. The zero-order chi connectivity index (χ0) is 37.5. The summed E-state index contributed by atoms with van der Waals surface area (Å²) < 4.78 is 78.8. The van der Waals surface area contributed by atoms with Crippen LogP contribution in [0, 0.1) is 17.6 Å². The van der Waals surface area contributed by atoms with E-state index in [9.17, 15) is 40.7 Å². The lowest BCUT2D eigenvalue weighted by Gasteiger charge is -2.33. The molecular weight excluding hydrogens is 714 g/mol. The van der Waals surface area contributed by atoms with E-state index in [2.05, 4.69) is 25.7 Å². The number of hydrogen-bond donors (Lipinski definition) is 4. The normalized spacial score (nSPS) is 15.4. The first-order valence-electron chi connectivity index (χ1n) is 15.5. The van der Waals surface area contributed by atoms with Crippen LogP contribution in [0.25, 0.3) is 11.3 Å². The highest BCUT2D eigenvalue weighted by Gasteiger charge is 2.38. The number of amides is 3. The van der Waals surface area contributed by atoms with Gasteiger partial charge < -0.3 is 35.3 Å². The Morgan fingerprint density at radius 2 is 1.69 bits per heavy atom. The molecule has 0 atom stereocenters. The van der Waals surface area contributed by atoms with Crippen LogP contribution in [0.15, 0.2) is 36.5 Å². The highest BCUT2D eigenvalue weighted by Crippen LogP contribution is 2.31. The maximum Gasteiger partial charge on any atom is 0.490 e. The number of benzene rings is 2. The Hall–Kier alpha value is -4.84. The summed E-state index contributed by atoms with van der Waals surface area (Å²) in [6, 6.07) is 6.95. The van der Waals surface area contributed by atoms with Crippen LogP contribution in [-0.4, -0.2) is 88.5 Å². The second-order valence-electron chi connectivity index (χ2n) is 11.6. The number of halogens is 7. The molecule has 5 rings (SSSR count). The van der Waals surface area contributed by atoms with Crippen molar-refractivity contribution in [1.82, 2.24) is 25.1 Å². The van der Waals surface area contributed by atoms with Crippen molar-refractivity contribution in [1.29, 1.82) is 0 Å². The van der Waals surface area contributed by atoms with E-state index in [4.69, 9.17) is 21.5 Å². The van der Waals surface area contributed by atoms with Crippen molar-refractivity contribution in [2.75, 3.05) is 38.4 Å². The summed E-state index contributed by atoms with van der Waals surface area (Å²) in [5.74, 6) is -7.10. The molecule has 0 aliphatic carbocycles. The number of hydrogen-bond acceptors (Lipinski definition) is 7. The number of anilines is 1. The molecule has 2 aliphatic heterocycles. The fraction of sp³-hybridized carbons (Fsp3) is 0.406. The quantitative estimate of drug-likeness (QED) is 0.237. The molecule has 0 radical (unpaired) electrons. The summed E-state index contributed by atoms with van der Waals surface area (Å²) >= 11 is 6.44. The maximum absolute atomic E-state index is 14.6. The molecule has 3 heterocycles. The molecule has 2 fully saturated rings. The van der Waals surface area contributed by atoms with Crippen LogP contribution in [0.5, 0.6) is 5.75 Å². The van der Waals surface area contributed by atoms with E-state index in [1.54, 1.807) is 4.90 Å². The lowest BCUT2D eigenvalue weighted by molar-refractivity contribution is -0.192. The lowest BCUT2D eigenvalue weighted by Crippen LogP contribution is -2.48. The number of nitrogens with one attached hydrogen (secondary N) is 3. The van der Waals surface area contributed by atoms with E-state index in [1.807, 2.05) is 0 Å². The standard InChI is InChI=1S/C30H32ClF3N6O4.C2HF3O2/c1-39-23(21-4-5-24(44-16-32)26(34)25(21)33)15-36-27(39)29(42)38-19-2-3-20(22(31)14-19)30(43)40-12-8-17(9-13-40)28(41)37-18-6-10-35-11-7-18;3-2(4,5)1(6)7/h2-5,14-15,17-18,35H,6-13,16H2,1H3,(H,37,41)(H,38,42);(H,6,7). The number of carbonyl (C=O) groups is 4. The molecule has 0 spiro atoms. The van der Waals surface area contributed by atoms with E-state index in [1.165, 1.54) is 42.1 Å². The maximum atomic E-state index is 14.6. The number of likely N-dealkylation sites (tertiary alicyclic amines) is 1. The number of nitrogens with zero attached hydrogens (tertiary/aromatic N) is 3. The molecular formula is C32H33ClF6N6O6. The summed E-state index contributed by atoms with van der Waals surface area (Å²) in [4.78, 5) is 53.5. The first-order valence-corrected chi connectivity index (χ1v) is 15.9. The third-order valence-corrected chi connectivity index (χ3v) is 8.58. The fourth-order valence-electron chi connectivity index (χ4n) is 5.52. The van der Waals surface area contributed by atoms with Gasteiger partial charge in [0.2, 0.25) is 18.6 Å². The summed E-state index contributed by atoms with van der Waals surface area (Å²) in [7, 11) is 1.45. The van der Waals surface area contributed by atoms with E-state index >= 15 is 0 Å². The van der Waals surface area contributed by atoms with Crippen molar-refractivity contribution in [2.45, 2.75) is 37.9 Å². The van der Waals surface area contributed by atoms with Gasteiger partial charge in [0, 0.05) is 43.3 Å². The second-order valence-corrected chi connectivity index (χ2v) is 12.0. The molecule has 2 aromatic carbocycles. The predicted octanol–water partition coefficient (Wildman–Crippen LogP) is 4.93. The van der Waals surface area contributed by atoms with Gasteiger partial charge in [0.25, 0.3) is 11.8 Å². The molecule has 3 amide bonds. The van der Waals surface area contributed by atoms with Crippen molar-refractivity contribution in [3.8, 4) is 17.0 Å². The molecule has 51 heavy (non-hydrogen) atoms. The second kappa shape index (κ2) is 16.9. The molecule has 0 bridgehead atoms. The van der Waals surface area contributed by atoms with Gasteiger partial charge in [-0.05, 0) is 69.1 Å². The molecule has 12 nitrogen and oxygen atoms in total. The van der Waals surface area contributed by atoms with Crippen molar-refractivity contribution >= 4 is 41.0 Å². The topological polar surface area (TPSA) is 155 Å². The van der Waals surface area contributed by atoms with E-state index in [0.29, 0.717) is 31.6 Å². The molecule has 19 heteroatoms. The highest BCUT2D eigenvalue weighted by atomic mass is 35.5. The third kappa shape index (κ3) is 9.69. The number of aromatic nitrogens is 2. The van der Waals surface area contributed by atoms with Crippen molar-refractivity contribution < 1.29 is 55.4 Å². The molecule has 2 saturated heterocycles. The molecule has 0 saturated carbocycles. The molecule has 0 unspecified atom stereocenters. The Morgan fingerprint density at radius 1 is 1.04 bits per heavy atom. The number of carboxylic acids is 1. The van der Waals surface area contributed by atoms with Crippen molar-refractivity contribution in [2.24, 2.45) is 13.0 Å². The molecule has 2 aliphatic rings. The number of ether oxygens (including phenoxy) is 1. The lowest BCUT2D eigenvalue weighted by atomic mass is 9.94. The van der Waals surface area contributed by atoms with Gasteiger partial charge in [-0.2, -0.15) is 17.6 Å². The number of imidazole rings is 1. The minimum atomic E-state index is -5.08. The largest absolute Gasteiger partial charge is 0.490 e. The number of rotatable bonds is 8. The average Bonchev–Trinajstić information content (AvgIpc) is 3.48. The first kappa shape index (κ1) is 39.0. The fourth-order valence-corrected chi connectivity index (χ4v) is 5.79. The summed E-state index contributed by atoms with van der Waals surface area (Å²) in [5, 5.41) is 16.3. The van der Waals surface area contributed by atoms with Crippen LogP contribution in [0.2, 0.25) is 5.02 Å². The van der Waals surface area contributed by atoms with Crippen LogP contribution in [0.4, 0.5) is 32.0 Å². The zero-order valence-electron chi connectivity index (χ0n) is 27.0. The van der Waals surface area contributed by atoms with E-state index in [0.717, 1.165) is 32.0 Å². The Morgan fingerprint density at radius 3 is 2.27 bits per heavy atom. The number of piperidine rings is 2. The van der Waals surface area contributed by atoms with Gasteiger partial charge in [0.1, 0.15) is 0 Å². The van der Waals surface area contributed by atoms with Gasteiger partial charge in [-0.1, -0.05) is 11.6 Å². The smallest absolute Gasteiger partial charge is 0.475 e. The van der Waals surface area contributed by atoms with Gasteiger partial charge in [0.15, 0.2) is 17.4 Å². The van der Waals surface area contributed by atoms with Gasteiger partial charge in [-0.3, -0.25) is 14.4 Å². The Balaban J connectivity index is 0.000000755. The summed E-state index contributed by atoms with van der Waals surface area (Å²) in [5.41, 5.74) is 0.462. The zero-order valence-corrected chi connectivity index (χ0v) is 27.7. The van der Waals surface area contributed by atoms with E-state index in [-0.39, 0.29) is 51.4 Å². The minimum absolute atomic E-state index is 0.0420. The van der Waals surface area contributed by atoms with Crippen LogP contribution < -0.4 is 20.7 Å². The Labute approximate surface area is 292 Å². The highest BCUT2D eigenvalue weighted by molar-refractivity contribution is 6.34. The number of alkyl halides is 4. The van der Waals surface area contributed by atoms with Crippen LogP contribution in [-0.2, 0) is 16.6 Å². The molecule has 276 valence electrons. The van der Waals surface area contributed by atoms with Crippen molar-refractivity contribution in [3.05, 3.63) is 64.6 Å².